The molecule has 0 bridgehead atoms. The summed E-state index contributed by atoms with van der Waals surface area (Å²) in [6.45, 7) is 11.4. The van der Waals surface area contributed by atoms with Crippen molar-refractivity contribution in [3.05, 3.63) is 58.9 Å². The summed E-state index contributed by atoms with van der Waals surface area (Å²) in [6, 6.07) is 14.1. The lowest BCUT2D eigenvalue weighted by Crippen LogP contribution is -2.21. The van der Waals surface area contributed by atoms with E-state index < -0.39 is 0 Å². The van der Waals surface area contributed by atoms with Gasteiger partial charge < -0.3 is 20.0 Å². The number of rotatable bonds is 10. The number of benzene rings is 2. The molecule has 34 heavy (non-hydrogen) atoms. The van der Waals surface area contributed by atoms with Gasteiger partial charge in [0.15, 0.2) is 11.4 Å². The van der Waals surface area contributed by atoms with Crippen LogP contribution in [0.25, 0.3) is 0 Å². The standard InChI is InChI=1S/C26H30N6O2/c1-5-31(6-2)21-11-9-19(25(33)13-21)17-29-23(15-27)24(16-28)30-18-20-10-12-22(14-26(20)34)32(7-3)8-4/h9-14,17-18,33-34H,5-8H2,1-4H3/b24-23-,29-17?,30-18?. The number of allylic oxidation sites excluding steroid dienone is 2. The highest BCUT2D eigenvalue weighted by atomic mass is 16.3. The fraction of sp³-hybridized carbons (Fsp3) is 0.308. The highest BCUT2D eigenvalue weighted by Gasteiger charge is 2.09. The van der Waals surface area contributed by atoms with Crippen molar-refractivity contribution in [2.45, 2.75) is 27.7 Å². The zero-order valence-corrected chi connectivity index (χ0v) is 20.0. The van der Waals surface area contributed by atoms with Gasteiger partial charge in [0.1, 0.15) is 23.6 Å². The van der Waals surface area contributed by atoms with E-state index in [1.54, 1.807) is 24.3 Å². The number of aliphatic imine (C=N–C) groups is 2. The summed E-state index contributed by atoms with van der Waals surface area (Å²) < 4.78 is 0. The van der Waals surface area contributed by atoms with Gasteiger partial charge in [0.05, 0.1) is 0 Å². The minimum absolute atomic E-state index is 0.0191. The van der Waals surface area contributed by atoms with Crippen LogP contribution in [-0.4, -0.2) is 48.8 Å². The van der Waals surface area contributed by atoms with Crippen LogP contribution in [0.15, 0.2) is 57.8 Å². The SMILES string of the molecule is CCN(CC)c1ccc(C=N/C(C#N)=C(/C#N)N=Cc2ccc(N(CC)CC)cc2O)c(O)c1. The van der Waals surface area contributed by atoms with Crippen molar-refractivity contribution in [3.63, 3.8) is 0 Å². The van der Waals surface area contributed by atoms with Gasteiger partial charge in [-0.2, -0.15) is 10.5 Å². The lowest BCUT2D eigenvalue weighted by Gasteiger charge is -2.21. The zero-order valence-electron chi connectivity index (χ0n) is 20.0. The van der Waals surface area contributed by atoms with Gasteiger partial charge in [-0.25, -0.2) is 9.98 Å². The van der Waals surface area contributed by atoms with E-state index in [-0.39, 0.29) is 22.9 Å². The van der Waals surface area contributed by atoms with Crippen molar-refractivity contribution in [3.8, 4) is 23.6 Å². The summed E-state index contributed by atoms with van der Waals surface area (Å²) in [5, 5.41) is 39.7. The predicted molar refractivity (Wildman–Crippen MR) is 137 cm³/mol. The average Bonchev–Trinajstić information content (AvgIpc) is 2.84. The number of phenolic OH excluding ortho intramolecular Hbond substituents is 2. The maximum atomic E-state index is 10.3. The van der Waals surface area contributed by atoms with Crippen LogP contribution in [0.4, 0.5) is 11.4 Å². The van der Waals surface area contributed by atoms with Crippen LogP contribution in [0.5, 0.6) is 11.5 Å². The van der Waals surface area contributed by atoms with Crippen LogP contribution in [0.1, 0.15) is 38.8 Å². The largest absolute Gasteiger partial charge is 0.507 e. The van der Waals surface area contributed by atoms with Crippen molar-refractivity contribution in [2.75, 3.05) is 36.0 Å². The third kappa shape index (κ3) is 6.36. The van der Waals surface area contributed by atoms with E-state index in [1.807, 2.05) is 52.0 Å². The van der Waals surface area contributed by atoms with E-state index in [0.29, 0.717) is 11.1 Å². The predicted octanol–water partition coefficient (Wildman–Crippen LogP) is 4.59. The number of hydrogen-bond acceptors (Lipinski definition) is 8. The molecule has 8 heteroatoms. The van der Waals surface area contributed by atoms with Gasteiger partial charge in [-0.3, -0.25) is 0 Å². The topological polar surface area (TPSA) is 119 Å². The van der Waals surface area contributed by atoms with Crippen LogP contribution in [-0.2, 0) is 0 Å². The van der Waals surface area contributed by atoms with Gasteiger partial charge in [0, 0.05) is 73.2 Å². The van der Waals surface area contributed by atoms with E-state index in [2.05, 4.69) is 19.8 Å². The summed E-state index contributed by atoms with van der Waals surface area (Å²) in [5.41, 5.74) is 2.18. The number of nitriles is 2. The summed E-state index contributed by atoms with van der Waals surface area (Å²) in [4.78, 5) is 12.3. The number of aromatic hydroxyl groups is 2. The Morgan fingerprint density at radius 2 is 1.09 bits per heavy atom. The molecule has 0 aromatic heterocycles. The van der Waals surface area contributed by atoms with Gasteiger partial charge in [-0.1, -0.05) is 0 Å². The first-order valence-corrected chi connectivity index (χ1v) is 11.2. The third-order valence-electron chi connectivity index (χ3n) is 5.39. The Hall–Kier alpha value is -4.30. The summed E-state index contributed by atoms with van der Waals surface area (Å²) in [7, 11) is 0. The molecule has 2 N–H and O–H groups in total. The minimum atomic E-state index is -0.203. The third-order valence-corrected chi connectivity index (χ3v) is 5.39. The van der Waals surface area contributed by atoms with Crippen LogP contribution >= 0.6 is 0 Å². The average molecular weight is 459 g/mol. The smallest absolute Gasteiger partial charge is 0.176 e. The molecule has 0 fully saturated rings. The number of phenols is 2. The lowest BCUT2D eigenvalue weighted by atomic mass is 10.1. The zero-order chi connectivity index (χ0) is 25.1. The molecular weight excluding hydrogens is 428 g/mol. The molecule has 8 nitrogen and oxygen atoms in total. The monoisotopic (exact) mass is 458 g/mol. The Balaban J connectivity index is 2.31. The van der Waals surface area contributed by atoms with Crippen molar-refractivity contribution in [1.82, 2.24) is 0 Å². The number of anilines is 2. The van der Waals surface area contributed by atoms with E-state index in [9.17, 15) is 20.7 Å². The Morgan fingerprint density at radius 1 is 0.735 bits per heavy atom. The molecule has 0 atom stereocenters. The molecular formula is C26H30N6O2. The second kappa shape index (κ2) is 12.7. The van der Waals surface area contributed by atoms with Crippen molar-refractivity contribution >= 4 is 23.8 Å². The van der Waals surface area contributed by atoms with Gasteiger partial charge in [-0.05, 0) is 52.0 Å². The van der Waals surface area contributed by atoms with Crippen LogP contribution in [0, 0.1) is 22.7 Å². The highest BCUT2D eigenvalue weighted by molar-refractivity contribution is 5.87. The molecule has 0 unspecified atom stereocenters. The lowest BCUT2D eigenvalue weighted by molar-refractivity contribution is 0.474. The summed E-state index contributed by atoms with van der Waals surface area (Å²) in [6.07, 6.45) is 2.65. The molecule has 0 radical (unpaired) electrons. The number of nitrogens with zero attached hydrogens (tertiary/aromatic N) is 6. The van der Waals surface area contributed by atoms with Crippen molar-refractivity contribution < 1.29 is 10.2 Å². The van der Waals surface area contributed by atoms with Gasteiger partial charge in [0.2, 0.25) is 0 Å². The maximum Gasteiger partial charge on any atom is 0.176 e. The van der Waals surface area contributed by atoms with E-state index >= 15 is 0 Å². The Morgan fingerprint density at radius 3 is 1.35 bits per heavy atom. The van der Waals surface area contributed by atoms with Crippen molar-refractivity contribution in [1.29, 1.82) is 10.5 Å². The Labute approximate surface area is 201 Å². The van der Waals surface area contributed by atoms with E-state index in [4.69, 9.17) is 0 Å². The first-order valence-electron chi connectivity index (χ1n) is 11.2. The summed E-state index contributed by atoms with van der Waals surface area (Å²) in [5.74, 6) is 0.0383. The quantitative estimate of drug-likeness (QED) is 0.397. The molecule has 0 aliphatic carbocycles. The van der Waals surface area contributed by atoms with Crippen LogP contribution < -0.4 is 9.80 Å². The highest BCUT2D eigenvalue weighted by Crippen LogP contribution is 2.25. The van der Waals surface area contributed by atoms with Crippen molar-refractivity contribution in [2.24, 2.45) is 9.98 Å². The molecule has 0 heterocycles. The molecule has 2 rings (SSSR count). The molecule has 0 amide bonds. The minimum Gasteiger partial charge on any atom is -0.507 e. The van der Waals surface area contributed by atoms with E-state index in [0.717, 1.165) is 37.6 Å². The fourth-order valence-corrected chi connectivity index (χ4v) is 3.41. The first-order chi connectivity index (χ1) is 16.4. The molecule has 0 saturated carbocycles. The van der Waals surface area contributed by atoms with Gasteiger partial charge in [0.25, 0.3) is 0 Å². The van der Waals surface area contributed by atoms with Gasteiger partial charge >= 0.3 is 0 Å². The number of hydrogen-bond donors (Lipinski definition) is 2. The Kier molecular flexibility index (Phi) is 9.67. The molecule has 0 spiro atoms. The normalized spacial score (nSPS) is 11.8. The second-order valence-corrected chi connectivity index (χ2v) is 7.27. The molecule has 176 valence electrons. The molecule has 0 saturated heterocycles. The molecule has 2 aromatic rings. The molecule has 0 aliphatic heterocycles. The van der Waals surface area contributed by atoms with E-state index in [1.165, 1.54) is 12.4 Å². The molecule has 0 aliphatic rings. The summed E-state index contributed by atoms with van der Waals surface area (Å²) >= 11 is 0. The maximum absolute atomic E-state index is 10.3. The van der Waals surface area contributed by atoms with Crippen LogP contribution in [0.3, 0.4) is 0 Å². The fourth-order valence-electron chi connectivity index (χ4n) is 3.41. The Bertz CT molecular complexity index is 1070. The second-order valence-electron chi connectivity index (χ2n) is 7.27. The first kappa shape index (κ1) is 26.0. The molecule has 2 aromatic carbocycles. The van der Waals surface area contributed by atoms with Gasteiger partial charge in [-0.15, -0.1) is 0 Å². The van der Waals surface area contributed by atoms with Crippen LogP contribution in [0.2, 0.25) is 0 Å².